The van der Waals surface area contributed by atoms with Gasteiger partial charge in [-0.1, -0.05) is 12.1 Å². The fourth-order valence-electron chi connectivity index (χ4n) is 4.30. The van der Waals surface area contributed by atoms with Crippen LogP contribution in [0.4, 0.5) is 5.82 Å². The van der Waals surface area contributed by atoms with E-state index in [-0.39, 0.29) is 12.5 Å². The van der Waals surface area contributed by atoms with Crippen LogP contribution in [0.25, 0.3) is 11.0 Å². The van der Waals surface area contributed by atoms with Gasteiger partial charge in [0.2, 0.25) is 5.75 Å². The predicted octanol–water partition coefficient (Wildman–Crippen LogP) is 5.63. The average Bonchev–Trinajstić information content (AvgIpc) is 3.17. The van der Waals surface area contributed by atoms with E-state index >= 15 is 0 Å². The van der Waals surface area contributed by atoms with Crippen molar-refractivity contribution in [1.82, 2.24) is 4.98 Å². The molecule has 176 valence electrons. The van der Waals surface area contributed by atoms with Gasteiger partial charge in [0.15, 0.2) is 17.3 Å². The molecule has 0 fully saturated rings. The molecule has 2 aromatic carbocycles. The number of pyridine rings is 1. The van der Waals surface area contributed by atoms with Gasteiger partial charge in [-0.2, -0.15) is 0 Å². The molecule has 4 rings (SSSR count). The van der Waals surface area contributed by atoms with Crippen LogP contribution in [0.15, 0.2) is 53.1 Å². The Kier molecular flexibility index (Phi) is 6.45. The van der Waals surface area contributed by atoms with E-state index < -0.39 is 0 Å². The summed E-state index contributed by atoms with van der Waals surface area (Å²) in [4.78, 5) is 19.9. The Morgan fingerprint density at radius 3 is 2.26 bits per heavy atom. The molecule has 0 aliphatic carbocycles. The summed E-state index contributed by atoms with van der Waals surface area (Å²) in [7, 11) is 4.67. The highest BCUT2D eigenvalue weighted by Crippen LogP contribution is 2.39. The maximum atomic E-state index is 13.9. The highest BCUT2D eigenvalue weighted by Gasteiger charge is 2.27. The monoisotopic (exact) mass is 460 g/mol. The second kappa shape index (κ2) is 9.47. The molecule has 2 aromatic heterocycles. The second-order valence-corrected chi connectivity index (χ2v) is 8.12. The molecule has 0 spiro atoms. The number of hydrogen-bond donors (Lipinski definition) is 0. The maximum Gasteiger partial charge on any atom is 0.295 e. The van der Waals surface area contributed by atoms with Gasteiger partial charge >= 0.3 is 0 Å². The summed E-state index contributed by atoms with van der Waals surface area (Å²) in [6, 6.07) is 13.1. The first-order valence-electron chi connectivity index (χ1n) is 10.9. The highest BCUT2D eigenvalue weighted by atomic mass is 16.5. The zero-order valence-electron chi connectivity index (χ0n) is 20.3. The van der Waals surface area contributed by atoms with Crippen molar-refractivity contribution in [2.45, 2.75) is 27.3 Å². The standard InChI is InChI=1S/C27H28N2O5/c1-16-11-17(2)24-18(3)25(34-20(24)12-16)27(30)29(23-9-7-8-10-28-23)15-19-13-21(31-4)26(33-6)22(14-19)32-5/h7-14H,15H2,1-6H3. The number of rotatable bonds is 7. The Bertz CT molecular complexity index is 1320. The molecule has 1 amide bonds. The molecule has 0 saturated carbocycles. The van der Waals surface area contributed by atoms with E-state index in [2.05, 4.69) is 11.1 Å². The molecule has 0 aliphatic rings. The first-order valence-corrected chi connectivity index (χ1v) is 10.9. The third-order valence-electron chi connectivity index (χ3n) is 5.80. The van der Waals surface area contributed by atoms with Gasteiger partial charge in [0.25, 0.3) is 5.91 Å². The lowest BCUT2D eigenvalue weighted by atomic mass is 10.0. The number of amides is 1. The summed E-state index contributed by atoms with van der Waals surface area (Å²) in [5, 5.41) is 0.961. The molecule has 0 N–H and O–H groups in total. The second-order valence-electron chi connectivity index (χ2n) is 8.12. The van der Waals surface area contributed by atoms with Crippen molar-refractivity contribution in [1.29, 1.82) is 0 Å². The molecule has 0 unspecified atom stereocenters. The van der Waals surface area contributed by atoms with Crippen molar-refractivity contribution < 1.29 is 23.4 Å². The fraction of sp³-hybridized carbons (Fsp3) is 0.259. The highest BCUT2D eigenvalue weighted by molar-refractivity contribution is 6.08. The van der Waals surface area contributed by atoms with Crippen molar-refractivity contribution >= 4 is 22.7 Å². The Hall–Kier alpha value is -4.00. The summed E-state index contributed by atoms with van der Waals surface area (Å²) in [5.74, 6) is 2.03. The van der Waals surface area contributed by atoms with E-state index in [9.17, 15) is 4.79 Å². The molecule has 4 aromatic rings. The first-order chi connectivity index (χ1) is 16.4. The van der Waals surface area contributed by atoms with Gasteiger partial charge < -0.3 is 18.6 Å². The predicted molar refractivity (Wildman–Crippen MR) is 131 cm³/mol. The Labute approximate surface area is 198 Å². The number of carbonyl (C=O) groups excluding carboxylic acids is 1. The Morgan fingerprint density at radius 2 is 1.68 bits per heavy atom. The molecular formula is C27H28N2O5. The summed E-state index contributed by atoms with van der Waals surface area (Å²) in [6.07, 6.45) is 1.66. The SMILES string of the molecule is COc1cc(CN(C(=O)c2oc3cc(C)cc(C)c3c2C)c2ccccn2)cc(OC)c1OC. The van der Waals surface area contributed by atoms with E-state index in [0.717, 1.165) is 27.6 Å². The number of nitrogens with zero attached hydrogens (tertiary/aromatic N) is 2. The van der Waals surface area contributed by atoms with Crippen LogP contribution >= 0.6 is 0 Å². The molecular weight excluding hydrogens is 432 g/mol. The number of aryl methyl sites for hydroxylation is 3. The number of furan rings is 1. The van der Waals surface area contributed by atoms with Crippen molar-refractivity contribution in [2.24, 2.45) is 0 Å². The van der Waals surface area contributed by atoms with Crippen molar-refractivity contribution in [2.75, 3.05) is 26.2 Å². The van der Waals surface area contributed by atoms with E-state index in [1.54, 1.807) is 38.5 Å². The number of fused-ring (bicyclic) bond motifs is 1. The lowest BCUT2D eigenvalue weighted by Gasteiger charge is -2.22. The van der Waals surface area contributed by atoms with E-state index in [1.807, 2.05) is 51.1 Å². The van der Waals surface area contributed by atoms with Crippen LogP contribution in [0.2, 0.25) is 0 Å². The van der Waals surface area contributed by atoms with Crippen LogP contribution in [0.3, 0.4) is 0 Å². The number of methoxy groups -OCH3 is 3. The number of aromatic nitrogens is 1. The number of carbonyl (C=O) groups is 1. The average molecular weight is 461 g/mol. The lowest BCUT2D eigenvalue weighted by molar-refractivity contribution is 0.0958. The van der Waals surface area contributed by atoms with Gasteiger partial charge in [-0.25, -0.2) is 4.98 Å². The number of anilines is 1. The van der Waals surface area contributed by atoms with Crippen molar-refractivity contribution in [3.63, 3.8) is 0 Å². The van der Waals surface area contributed by atoms with Gasteiger partial charge in [0.05, 0.1) is 27.9 Å². The molecule has 0 atom stereocenters. The van der Waals surface area contributed by atoms with Crippen LogP contribution in [-0.2, 0) is 6.54 Å². The smallest absolute Gasteiger partial charge is 0.295 e. The molecule has 7 nitrogen and oxygen atoms in total. The van der Waals surface area contributed by atoms with Crippen molar-refractivity contribution in [3.8, 4) is 17.2 Å². The largest absolute Gasteiger partial charge is 0.493 e. The van der Waals surface area contributed by atoms with Gasteiger partial charge in [-0.05, 0) is 67.8 Å². The Balaban J connectivity index is 1.81. The minimum Gasteiger partial charge on any atom is -0.493 e. The molecule has 34 heavy (non-hydrogen) atoms. The first kappa shape index (κ1) is 23.2. The lowest BCUT2D eigenvalue weighted by Crippen LogP contribution is -2.31. The summed E-state index contributed by atoms with van der Waals surface area (Å²) in [5.41, 5.74) is 4.45. The third-order valence-corrected chi connectivity index (χ3v) is 5.80. The fourth-order valence-corrected chi connectivity index (χ4v) is 4.30. The van der Waals surface area contributed by atoms with Crippen LogP contribution in [0.1, 0.15) is 32.8 Å². The van der Waals surface area contributed by atoms with Crippen LogP contribution in [0, 0.1) is 20.8 Å². The molecule has 0 saturated heterocycles. The zero-order chi connectivity index (χ0) is 24.4. The van der Waals surface area contributed by atoms with Gasteiger partial charge in [-0.15, -0.1) is 0 Å². The quantitative estimate of drug-likeness (QED) is 0.356. The minimum absolute atomic E-state index is 0.223. The normalized spacial score (nSPS) is 10.9. The summed E-state index contributed by atoms with van der Waals surface area (Å²) >= 11 is 0. The van der Waals surface area contributed by atoms with E-state index in [4.69, 9.17) is 18.6 Å². The van der Waals surface area contributed by atoms with E-state index in [1.165, 1.54) is 0 Å². The van der Waals surface area contributed by atoms with E-state index in [0.29, 0.717) is 34.4 Å². The van der Waals surface area contributed by atoms with Gasteiger partial charge in [0, 0.05) is 17.1 Å². The molecule has 0 radical (unpaired) electrons. The maximum absolute atomic E-state index is 13.9. The third kappa shape index (κ3) is 4.17. The summed E-state index contributed by atoms with van der Waals surface area (Å²) in [6.45, 7) is 6.17. The molecule has 0 aliphatic heterocycles. The van der Waals surface area contributed by atoms with Crippen LogP contribution < -0.4 is 19.1 Å². The van der Waals surface area contributed by atoms with Crippen molar-refractivity contribution in [3.05, 3.63) is 76.7 Å². The molecule has 2 heterocycles. The van der Waals surface area contributed by atoms with Crippen LogP contribution in [0.5, 0.6) is 17.2 Å². The number of ether oxygens (including phenoxy) is 3. The van der Waals surface area contributed by atoms with Gasteiger partial charge in [0.1, 0.15) is 11.4 Å². The number of hydrogen-bond acceptors (Lipinski definition) is 6. The van der Waals surface area contributed by atoms with Crippen LogP contribution in [-0.4, -0.2) is 32.2 Å². The van der Waals surface area contributed by atoms with Gasteiger partial charge in [-0.3, -0.25) is 9.69 Å². The molecule has 7 heteroatoms. The molecule has 0 bridgehead atoms. The zero-order valence-corrected chi connectivity index (χ0v) is 20.3. The summed E-state index contributed by atoms with van der Waals surface area (Å²) < 4.78 is 22.5. The topological polar surface area (TPSA) is 74.0 Å². The Morgan fingerprint density at radius 1 is 0.971 bits per heavy atom. The minimum atomic E-state index is -0.279. The number of benzene rings is 2.